The minimum absolute atomic E-state index is 0.0452. The van der Waals surface area contributed by atoms with Gasteiger partial charge in [-0.3, -0.25) is 0 Å². The van der Waals surface area contributed by atoms with Gasteiger partial charge >= 0.3 is 0 Å². The molecule has 0 unspecified atom stereocenters. The molecule has 0 aliphatic heterocycles. The Morgan fingerprint density at radius 2 is 2.00 bits per heavy atom. The fourth-order valence-electron chi connectivity index (χ4n) is 1.71. The summed E-state index contributed by atoms with van der Waals surface area (Å²) < 4.78 is 32.1. The van der Waals surface area contributed by atoms with Crippen molar-refractivity contribution < 1.29 is 12.8 Å². The van der Waals surface area contributed by atoms with Gasteiger partial charge in [0.1, 0.15) is 5.76 Å². The first-order chi connectivity index (χ1) is 8.88. The first kappa shape index (κ1) is 13.8. The number of aryl methyl sites for hydroxylation is 3. The van der Waals surface area contributed by atoms with Gasteiger partial charge in [-0.05, 0) is 38.0 Å². The van der Waals surface area contributed by atoms with Crippen molar-refractivity contribution in [1.82, 2.24) is 9.71 Å². The third-order valence-corrected chi connectivity index (χ3v) is 4.26. The molecular formula is C13H16N2O3S. The molecule has 0 radical (unpaired) electrons. The van der Waals surface area contributed by atoms with E-state index in [1.807, 2.05) is 13.0 Å². The van der Waals surface area contributed by atoms with Gasteiger partial charge in [0.2, 0.25) is 15.9 Å². The van der Waals surface area contributed by atoms with E-state index in [1.165, 1.54) is 0 Å². The second-order valence-corrected chi connectivity index (χ2v) is 6.19. The van der Waals surface area contributed by atoms with Crippen LogP contribution in [0.1, 0.15) is 22.8 Å². The van der Waals surface area contributed by atoms with Gasteiger partial charge in [0, 0.05) is 0 Å². The first-order valence-corrected chi connectivity index (χ1v) is 7.35. The van der Waals surface area contributed by atoms with Crippen LogP contribution in [-0.2, 0) is 16.6 Å². The highest BCUT2D eigenvalue weighted by Gasteiger charge is 2.17. The third-order valence-electron chi connectivity index (χ3n) is 2.72. The average Bonchev–Trinajstić information content (AvgIpc) is 2.76. The maximum Gasteiger partial charge on any atom is 0.241 e. The van der Waals surface area contributed by atoms with E-state index in [0.717, 1.165) is 5.56 Å². The summed E-state index contributed by atoms with van der Waals surface area (Å²) in [5, 5.41) is 0. The second kappa shape index (κ2) is 5.14. The lowest BCUT2D eigenvalue weighted by atomic mass is 10.2. The summed E-state index contributed by atoms with van der Waals surface area (Å²) in [6.07, 6.45) is 1.56. The van der Waals surface area contributed by atoms with Crippen LogP contribution in [0.25, 0.3) is 0 Å². The quantitative estimate of drug-likeness (QED) is 0.930. The molecule has 0 fully saturated rings. The van der Waals surface area contributed by atoms with Crippen molar-refractivity contribution in [2.24, 2.45) is 0 Å². The van der Waals surface area contributed by atoms with Gasteiger partial charge in [-0.15, -0.1) is 0 Å². The summed E-state index contributed by atoms with van der Waals surface area (Å²) in [5.41, 5.74) is 1.61. The average molecular weight is 280 g/mol. The number of nitrogens with zero attached hydrogens (tertiary/aromatic N) is 1. The van der Waals surface area contributed by atoms with E-state index in [-0.39, 0.29) is 11.4 Å². The molecule has 0 bridgehead atoms. The van der Waals surface area contributed by atoms with E-state index in [4.69, 9.17) is 4.42 Å². The molecule has 5 nitrogen and oxygen atoms in total. The van der Waals surface area contributed by atoms with Gasteiger partial charge in [0.05, 0.1) is 17.6 Å². The lowest BCUT2D eigenvalue weighted by Gasteiger charge is -2.08. The summed E-state index contributed by atoms with van der Waals surface area (Å²) >= 11 is 0. The molecule has 102 valence electrons. The Hall–Kier alpha value is -1.66. The number of benzene rings is 1. The minimum atomic E-state index is -3.55. The van der Waals surface area contributed by atoms with E-state index < -0.39 is 10.0 Å². The predicted molar refractivity (Wildman–Crippen MR) is 71.2 cm³/mol. The van der Waals surface area contributed by atoms with Crippen LogP contribution in [0, 0.1) is 20.8 Å². The highest BCUT2D eigenvalue weighted by atomic mass is 32.2. The molecular weight excluding hydrogens is 264 g/mol. The van der Waals surface area contributed by atoms with Crippen LogP contribution in [0.4, 0.5) is 0 Å². The Morgan fingerprint density at radius 3 is 2.63 bits per heavy atom. The molecule has 0 amide bonds. The Balaban J connectivity index is 2.20. The zero-order chi connectivity index (χ0) is 14.0. The highest BCUT2D eigenvalue weighted by molar-refractivity contribution is 7.89. The minimum Gasteiger partial charge on any atom is -0.445 e. The molecule has 0 aliphatic rings. The molecule has 0 saturated heterocycles. The number of sulfonamides is 1. The standard InChI is InChI=1S/C13H16N2O3S/c1-9-4-5-10(2)12(6-9)19(16,17)15-8-13-14-7-11(3)18-13/h4-7,15H,8H2,1-3H3. The van der Waals surface area contributed by atoms with Gasteiger partial charge in [-0.2, -0.15) is 0 Å². The van der Waals surface area contributed by atoms with Gasteiger partial charge in [-0.1, -0.05) is 12.1 Å². The van der Waals surface area contributed by atoms with E-state index in [0.29, 0.717) is 17.2 Å². The fourth-order valence-corrected chi connectivity index (χ4v) is 3.02. The van der Waals surface area contributed by atoms with Crippen LogP contribution in [0.15, 0.2) is 33.7 Å². The number of nitrogens with one attached hydrogen (secondary N) is 1. The van der Waals surface area contributed by atoms with E-state index in [2.05, 4.69) is 9.71 Å². The Labute approximate surface area is 112 Å². The Kier molecular flexibility index (Phi) is 3.73. The molecule has 1 aromatic carbocycles. The summed E-state index contributed by atoms with van der Waals surface area (Å²) in [4.78, 5) is 4.25. The maximum atomic E-state index is 12.2. The van der Waals surface area contributed by atoms with Crippen LogP contribution >= 0.6 is 0 Å². The smallest absolute Gasteiger partial charge is 0.241 e. The lowest BCUT2D eigenvalue weighted by molar-refractivity contribution is 0.463. The lowest BCUT2D eigenvalue weighted by Crippen LogP contribution is -2.24. The molecule has 2 rings (SSSR count). The van der Waals surface area contributed by atoms with Crippen molar-refractivity contribution in [3.05, 3.63) is 47.2 Å². The zero-order valence-electron chi connectivity index (χ0n) is 11.1. The summed E-state index contributed by atoms with van der Waals surface area (Å²) in [6.45, 7) is 5.43. The predicted octanol–water partition coefficient (Wildman–Crippen LogP) is 2.08. The van der Waals surface area contributed by atoms with Crippen molar-refractivity contribution in [2.75, 3.05) is 0 Å². The van der Waals surface area contributed by atoms with Crippen molar-refractivity contribution in [2.45, 2.75) is 32.2 Å². The van der Waals surface area contributed by atoms with Crippen LogP contribution in [0.2, 0.25) is 0 Å². The molecule has 0 atom stereocenters. The number of aromatic nitrogens is 1. The molecule has 0 aliphatic carbocycles. The largest absolute Gasteiger partial charge is 0.445 e. The molecule has 6 heteroatoms. The van der Waals surface area contributed by atoms with Crippen molar-refractivity contribution in [3.8, 4) is 0 Å². The van der Waals surface area contributed by atoms with E-state index >= 15 is 0 Å². The number of hydrogen-bond acceptors (Lipinski definition) is 4. The normalized spacial score (nSPS) is 11.7. The zero-order valence-corrected chi connectivity index (χ0v) is 11.9. The van der Waals surface area contributed by atoms with Crippen LogP contribution in [-0.4, -0.2) is 13.4 Å². The molecule has 1 N–H and O–H groups in total. The van der Waals surface area contributed by atoms with Crippen molar-refractivity contribution in [3.63, 3.8) is 0 Å². The third kappa shape index (κ3) is 3.21. The summed E-state index contributed by atoms with van der Waals surface area (Å²) in [7, 11) is -3.55. The number of rotatable bonds is 4. The first-order valence-electron chi connectivity index (χ1n) is 5.87. The van der Waals surface area contributed by atoms with E-state index in [9.17, 15) is 8.42 Å². The molecule has 19 heavy (non-hydrogen) atoms. The van der Waals surface area contributed by atoms with Crippen molar-refractivity contribution >= 4 is 10.0 Å². The van der Waals surface area contributed by atoms with Crippen molar-refractivity contribution in [1.29, 1.82) is 0 Å². The fraction of sp³-hybridized carbons (Fsp3) is 0.308. The van der Waals surface area contributed by atoms with Crippen LogP contribution < -0.4 is 4.72 Å². The number of hydrogen-bond donors (Lipinski definition) is 1. The topological polar surface area (TPSA) is 72.2 Å². The molecule has 1 aromatic heterocycles. The second-order valence-electron chi connectivity index (χ2n) is 4.46. The monoisotopic (exact) mass is 280 g/mol. The maximum absolute atomic E-state index is 12.2. The van der Waals surface area contributed by atoms with Gasteiger partial charge in [0.15, 0.2) is 0 Å². The molecule has 1 heterocycles. The Bertz CT molecular complexity index is 690. The molecule has 0 saturated carbocycles. The molecule has 0 spiro atoms. The van der Waals surface area contributed by atoms with Gasteiger partial charge in [0.25, 0.3) is 0 Å². The highest BCUT2D eigenvalue weighted by Crippen LogP contribution is 2.16. The summed E-state index contributed by atoms with van der Waals surface area (Å²) in [6, 6.07) is 5.32. The van der Waals surface area contributed by atoms with E-state index in [1.54, 1.807) is 32.2 Å². The van der Waals surface area contributed by atoms with Crippen LogP contribution in [0.5, 0.6) is 0 Å². The van der Waals surface area contributed by atoms with Gasteiger partial charge in [-0.25, -0.2) is 18.1 Å². The summed E-state index contributed by atoms with van der Waals surface area (Å²) in [5.74, 6) is 1.01. The Morgan fingerprint density at radius 1 is 1.26 bits per heavy atom. The van der Waals surface area contributed by atoms with Crippen LogP contribution in [0.3, 0.4) is 0 Å². The van der Waals surface area contributed by atoms with Gasteiger partial charge < -0.3 is 4.42 Å². The molecule has 2 aromatic rings. The number of oxazole rings is 1. The SMILES string of the molecule is Cc1ccc(C)c(S(=O)(=O)NCc2ncc(C)o2)c1.